The largest absolute Gasteiger partial charge is 0.496 e. The van der Waals surface area contributed by atoms with Crippen molar-refractivity contribution in [1.82, 2.24) is 25.3 Å². The van der Waals surface area contributed by atoms with Crippen molar-refractivity contribution in [3.8, 4) is 22.8 Å². The lowest BCUT2D eigenvalue weighted by molar-refractivity contribution is 0.303. The van der Waals surface area contributed by atoms with E-state index >= 15 is 0 Å². The van der Waals surface area contributed by atoms with Crippen LogP contribution in [0.3, 0.4) is 0 Å². The fourth-order valence-corrected chi connectivity index (χ4v) is 7.05. The molecule has 0 bridgehead atoms. The fraction of sp³-hybridized carbons (Fsp3) is 0.171. The molecular weight excluding hydrogens is 731 g/mol. The summed E-state index contributed by atoms with van der Waals surface area (Å²) in [6, 6.07) is 20.7. The summed E-state index contributed by atoms with van der Waals surface area (Å²) >= 11 is 5.01. The number of rotatable bonds is 12. The van der Waals surface area contributed by atoms with Crippen LogP contribution in [0.15, 0.2) is 95.2 Å². The molecular formula is C35H30BrFN6O4S2. The fourth-order valence-electron chi connectivity index (χ4n) is 5.10. The van der Waals surface area contributed by atoms with Gasteiger partial charge in [0.2, 0.25) is 10.3 Å². The number of methoxy groups -OCH3 is 1. The summed E-state index contributed by atoms with van der Waals surface area (Å²) in [6.45, 7) is 2.19. The van der Waals surface area contributed by atoms with Gasteiger partial charge < -0.3 is 14.8 Å². The maximum Gasteiger partial charge on any atom is 0.228 e. The first-order valence-corrected chi connectivity index (χ1v) is 17.9. The second kappa shape index (κ2) is 15.6. The lowest BCUT2D eigenvalue weighted by atomic mass is 10.1. The van der Waals surface area contributed by atoms with Crippen LogP contribution < -0.4 is 20.1 Å². The Hall–Kier alpha value is -4.76. The van der Waals surface area contributed by atoms with Gasteiger partial charge in [0, 0.05) is 46.4 Å². The van der Waals surface area contributed by atoms with Gasteiger partial charge in [-0.1, -0.05) is 25.1 Å². The second-order valence-electron chi connectivity index (χ2n) is 10.8. The van der Waals surface area contributed by atoms with Crippen molar-refractivity contribution in [3.63, 3.8) is 0 Å². The van der Waals surface area contributed by atoms with Crippen molar-refractivity contribution >= 4 is 65.0 Å². The topological polar surface area (TPSA) is 128 Å². The number of halogens is 2. The summed E-state index contributed by atoms with van der Waals surface area (Å²) in [7, 11) is -0.864. The number of fused-ring (bicyclic) bond motifs is 1. The summed E-state index contributed by atoms with van der Waals surface area (Å²) in [5, 5.41) is 9.95. The molecule has 0 radical (unpaired) electrons. The first kappa shape index (κ1) is 34.1. The third-order valence-corrected chi connectivity index (χ3v) is 9.79. The number of nitrogens with zero attached hydrogens (tertiary/aromatic N) is 4. The minimum absolute atomic E-state index is 0.149. The molecule has 0 saturated heterocycles. The lowest BCUT2D eigenvalue weighted by Gasteiger charge is -2.15. The van der Waals surface area contributed by atoms with Gasteiger partial charge in [-0.3, -0.25) is 10.3 Å². The summed E-state index contributed by atoms with van der Waals surface area (Å²) in [4.78, 5) is 18.3. The zero-order valence-electron chi connectivity index (χ0n) is 26.4. The number of benzene rings is 3. The van der Waals surface area contributed by atoms with Crippen molar-refractivity contribution in [1.29, 1.82) is 0 Å². The third-order valence-electron chi connectivity index (χ3n) is 7.54. The van der Waals surface area contributed by atoms with Gasteiger partial charge >= 0.3 is 0 Å². The molecule has 0 aliphatic rings. The number of hydrogen-bond donors (Lipinski definition) is 2. The summed E-state index contributed by atoms with van der Waals surface area (Å²) in [5.74, 6) is 1.45. The monoisotopic (exact) mass is 760 g/mol. The van der Waals surface area contributed by atoms with E-state index in [-0.39, 0.29) is 29.9 Å². The molecule has 0 amide bonds. The van der Waals surface area contributed by atoms with Crippen LogP contribution in [0.4, 0.5) is 15.9 Å². The van der Waals surface area contributed by atoms with Crippen LogP contribution in [-0.4, -0.2) is 40.5 Å². The van der Waals surface area contributed by atoms with Crippen LogP contribution in [0, 0.1) is 5.82 Å². The van der Waals surface area contributed by atoms with Gasteiger partial charge in [-0.15, -0.1) is 11.3 Å². The molecule has 10 nitrogen and oxygen atoms in total. The Balaban J connectivity index is 1.24. The van der Waals surface area contributed by atoms with Crippen LogP contribution in [-0.2, 0) is 23.3 Å². The van der Waals surface area contributed by atoms with Crippen molar-refractivity contribution in [2.24, 2.45) is 0 Å². The second-order valence-corrected chi connectivity index (χ2v) is 13.5. The van der Waals surface area contributed by atoms with Crippen LogP contribution in [0.25, 0.3) is 22.2 Å². The summed E-state index contributed by atoms with van der Waals surface area (Å²) < 4.78 is 50.2. The Morgan fingerprint density at radius 3 is 2.63 bits per heavy atom. The van der Waals surface area contributed by atoms with Gasteiger partial charge in [0.25, 0.3) is 0 Å². The van der Waals surface area contributed by atoms with Crippen LogP contribution in [0.5, 0.6) is 11.5 Å². The average molecular weight is 762 g/mol. The van der Waals surface area contributed by atoms with Gasteiger partial charge in [0.1, 0.15) is 46.1 Å². The zero-order valence-corrected chi connectivity index (χ0v) is 29.6. The van der Waals surface area contributed by atoms with Crippen molar-refractivity contribution < 1.29 is 22.3 Å². The molecule has 3 aromatic carbocycles. The number of pyridine rings is 1. The molecule has 1 unspecified atom stereocenters. The maximum atomic E-state index is 13.6. The molecule has 2 N–H and O–H groups in total. The average Bonchev–Trinajstić information content (AvgIpc) is 3.59. The van der Waals surface area contributed by atoms with Crippen LogP contribution in [0.2, 0.25) is 0 Å². The summed E-state index contributed by atoms with van der Waals surface area (Å²) in [5.41, 5.74) is 4.20. The van der Waals surface area contributed by atoms with E-state index in [1.807, 2.05) is 48.7 Å². The zero-order chi connectivity index (χ0) is 34.3. The number of hydrogen-bond acceptors (Lipinski definition) is 10. The van der Waals surface area contributed by atoms with E-state index in [9.17, 15) is 12.8 Å². The highest BCUT2D eigenvalue weighted by molar-refractivity contribution is 9.10. The highest BCUT2D eigenvalue weighted by Crippen LogP contribution is 2.38. The van der Waals surface area contributed by atoms with Crippen molar-refractivity contribution in [2.75, 3.05) is 12.4 Å². The van der Waals surface area contributed by atoms with Crippen LogP contribution >= 0.6 is 27.3 Å². The van der Waals surface area contributed by atoms with E-state index in [1.54, 1.807) is 37.6 Å². The molecule has 250 valence electrons. The third kappa shape index (κ3) is 8.28. The first-order valence-electron chi connectivity index (χ1n) is 15.1. The molecule has 3 heterocycles. The Morgan fingerprint density at radius 2 is 1.90 bits per heavy atom. The normalized spacial score (nSPS) is 11.7. The Kier molecular flexibility index (Phi) is 10.9. The minimum atomic E-state index is -2.45. The van der Waals surface area contributed by atoms with Crippen molar-refractivity contribution in [3.05, 3.63) is 117 Å². The molecule has 0 spiro atoms. The van der Waals surface area contributed by atoms with E-state index in [4.69, 9.17) is 14.5 Å². The summed E-state index contributed by atoms with van der Waals surface area (Å²) in [6.07, 6.45) is 3.88. The van der Waals surface area contributed by atoms with Gasteiger partial charge in [0.15, 0.2) is 0 Å². The lowest BCUT2D eigenvalue weighted by Crippen LogP contribution is -2.30. The number of anilines is 2. The SMILES string of the molecule is CCC(NC(Cc1ccccn1)=S(=O)=O)c1nc(-c2cc3c(Nc4ccc(OCc5cccc(F)c5)c(Br)c4)ncnc3cc2OC)cs1. The molecule has 14 heteroatoms. The van der Waals surface area contributed by atoms with Gasteiger partial charge in [-0.25, -0.2) is 19.3 Å². The molecule has 0 aliphatic heterocycles. The molecule has 1 atom stereocenters. The molecule has 0 saturated carbocycles. The molecule has 49 heavy (non-hydrogen) atoms. The van der Waals surface area contributed by atoms with E-state index in [0.717, 1.165) is 27.2 Å². The maximum absolute atomic E-state index is 13.6. The van der Waals surface area contributed by atoms with E-state index in [0.29, 0.717) is 45.1 Å². The Labute approximate surface area is 296 Å². The van der Waals surface area contributed by atoms with Gasteiger partial charge in [0.05, 0.1) is 28.8 Å². The van der Waals surface area contributed by atoms with E-state index in [1.165, 1.54) is 29.8 Å². The minimum Gasteiger partial charge on any atom is -0.496 e. The quantitative estimate of drug-likeness (QED) is 0.120. The predicted molar refractivity (Wildman–Crippen MR) is 193 cm³/mol. The highest BCUT2D eigenvalue weighted by Gasteiger charge is 2.20. The predicted octanol–water partition coefficient (Wildman–Crippen LogP) is 7.67. The molecule has 3 aromatic heterocycles. The smallest absolute Gasteiger partial charge is 0.228 e. The Bertz CT molecular complexity index is 2240. The van der Waals surface area contributed by atoms with Crippen LogP contribution in [0.1, 0.15) is 35.7 Å². The Morgan fingerprint density at radius 1 is 1.02 bits per heavy atom. The highest BCUT2D eigenvalue weighted by atomic mass is 79.9. The van der Waals surface area contributed by atoms with Gasteiger partial charge in [-0.2, -0.15) is 8.42 Å². The molecule has 6 rings (SSSR count). The molecule has 6 aromatic rings. The number of ether oxygens (including phenoxy) is 2. The number of thiazole rings is 1. The van der Waals surface area contributed by atoms with E-state index < -0.39 is 10.3 Å². The molecule has 0 aliphatic carbocycles. The number of nitrogens with one attached hydrogen (secondary N) is 2. The molecule has 0 fully saturated rings. The van der Waals surface area contributed by atoms with Crippen molar-refractivity contribution in [2.45, 2.75) is 32.4 Å². The van der Waals surface area contributed by atoms with Gasteiger partial charge in [-0.05, 0) is 76.4 Å². The van der Waals surface area contributed by atoms with E-state index in [2.05, 4.69) is 41.5 Å². The standard InChI is InChI=1S/C35H30BrFN6O4S2/c1-3-28(42-33(49(44)45)15-23-9-4-5-12-38-23)35-43-30(19-48-35)25-16-26-29(17-32(25)46-2)39-20-40-34(26)41-24-10-11-31(27(36)14-24)47-18-21-7-6-8-22(37)13-21/h4-14,16-17,19-20,28,42H,3,15,18H2,1-2H3,(H,39,40,41). The number of aromatic nitrogens is 4. The first-order chi connectivity index (χ1) is 23.8.